The van der Waals surface area contributed by atoms with Gasteiger partial charge in [0.1, 0.15) is 0 Å². The minimum atomic E-state index is -0.180. The summed E-state index contributed by atoms with van der Waals surface area (Å²) in [5.41, 5.74) is 1.25. The molecule has 1 saturated carbocycles. The van der Waals surface area contributed by atoms with E-state index in [0.717, 1.165) is 49.8 Å². The van der Waals surface area contributed by atoms with Gasteiger partial charge < -0.3 is 15.7 Å². The molecule has 0 aliphatic heterocycles. The molecule has 3 N–H and O–H groups in total. The number of aliphatic hydroxyl groups excluding tert-OH is 1. The first-order valence-corrected chi connectivity index (χ1v) is 8.51. The average Bonchev–Trinajstić information content (AvgIpc) is 2.92. The first kappa shape index (κ1) is 20.5. The van der Waals surface area contributed by atoms with Crippen molar-refractivity contribution in [2.45, 2.75) is 38.7 Å². The van der Waals surface area contributed by atoms with Gasteiger partial charge >= 0.3 is 0 Å². The van der Waals surface area contributed by atoms with Crippen LogP contribution in [-0.2, 0) is 6.42 Å². The minimum Gasteiger partial charge on any atom is -0.393 e. The van der Waals surface area contributed by atoms with E-state index in [1.807, 2.05) is 24.3 Å². The summed E-state index contributed by atoms with van der Waals surface area (Å²) in [6.07, 6.45) is 3.85. The van der Waals surface area contributed by atoms with Gasteiger partial charge in [-0.1, -0.05) is 30.2 Å². The number of guanidine groups is 1. The molecule has 0 radical (unpaired) electrons. The largest absolute Gasteiger partial charge is 0.393 e. The second-order valence-corrected chi connectivity index (χ2v) is 6.22. The van der Waals surface area contributed by atoms with Crippen molar-refractivity contribution >= 4 is 41.5 Å². The molecule has 0 heterocycles. The number of hydrogen-bond acceptors (Lipinski definition) is 2. The molecule has 1 fully saturated rings. The molecule has 1 aliphatic rings. The normalized spacial score (nSPS) is 20.9. The van der Waals surface area contributed by atoms with Gasteiger partial charge in [-0.3, -0.25) is 4.99 Å². The van der Waals surface area contributed by atoms with Gasteiger partial charge in [-0.2, -0.15) is 0 Å². The molecule has 1 aromatic rings. The Balaban J connectivity index is 0.00000264. The van der Waals surface area contributed by atoms with Crippen LogP contribution < -0.4 is 10.6 Å². The van der Waals surface area contributed by atoms with Crippen LogP contribution in [0.25, 0.3) is 0 Å². The van der Waals surface area contributed by atoms with Crippen LogP contribution in [0.2, 0.25) is 5.02 Å². The van der Waals surface area contributed by atoms with Gasteiger partial charge in [-0.05, 0) is 43.9 Å². The molecule has 1 aromatic carbocycles. The van der Waals surface area contributed by atoms with E-state index in [9.17, 15) is 5.11 Å². The van der Waals surface area contributed by atoms with E-state index >= 15 is 0 Å². The molecular weight excluding hydrogens is 425 g/mol. The molecule has 1 aliphatic carbocycles. The summed E-state index contributed by atoms with van der Waals surface area (Å²) < 4.78 is 0. The van der Waals surface area contributed by atoms with Gasteiger partial charge in [0.25, 0.3) is 0 Å². The Morgan fingerprint density at radius 2 is 2.00 bits per heavy atom. The van der Waals surface area contributed by atoms with E-state index in [-0.39, 0.29) is 30.1 Å². The number of hydrogen-bond donors (Lipinski definition) is 3. The number of aliphatic imine (C=N–C) groups is 1. The fourth-order valence-corrected chi connectivity index (χ4v) is 2.88. The highest BCUT2D eigenvalue weighted by Crippen LogP contribution is 2.25. The summed E-state index contributed by atoms with van der Waals surface area (Å²) in [6.45, 7) is 4.40. The SMILES string of the molecule is CCNC(=NCC1CCCC1O)NCCc1ccc(Cl)cc1.I. The van der Waals surface area contributed by atoms with E-state index in [4.69, 9.17) is 11.6 Å². The van der Waals surface area contributed by atoms with Crippen LogP contribution in [0.1, 0.15) is 31.7 Å². The van der Waals surface area contributed by atoms with Crippen molar-refractivity contribution in [1.29, 1.82) is 0 Å². The molecule has 2 atom stereocenters. The van der Waals surface area contributed by atoms with Crippen LogP contribution in [0, 0.1) is 5.92 Å². The fourth-order valence-electron chi connectivity index (χ4n) is 2.76. The molecule has 0 bridgehead atoms. The Morgan fingerprint density at radius 1 is 1.26 bits per heavy atom. The first-order chi connectivity index (χ1) is 10.7. The molecule has 4 nitrogen and oxygen atoms in total. The molecule has 0 aromatic heterocycles. The average molecular weight is 452 g/mol. The zero-order valence-corrected chi connectivity index (χ0v) is 16.7. The standard InChI is InChI=1S/C17H26ClN3O.HI/c1-2-19-17(21-12-14-4-3-5-16(14)22)20-11-10-13-6-8-15(18)9-7-13;/h6-9,14,16,22H,2-5,10-12H2,1H3,(H2,19,20,21);1H. The topological polar surface area (TPSA) is 56.7 Å². The van der Waals surface area contributed by atoms with Crippen LogP contribution in [0.3, 0.4) is 0 Å². The van der Waals surface area contributed by atoms with Crippen LogP contribution in [0.5, 0.6) is 0 Å². The third-order valence-electron chi connectivity index (χ3n) is 4.07. The number of halogens is 2. The number of rotatable bonds is 6. The highest BCUT2D eigenvalue weighted by atomic mass is 127. The van der Waals surface area contributed by atoms with Gasteiger partial charge in [0.2, 0.25) is 0 Å². The smallest absolute Gasteiger partial charge is 0.191 e. The zero-order valence-electron chi connectivity index (χ0n) is 13.6. The molecule has 0 saturated heterocycles. The van der Waals surface area contributed by atoms with Gasteiger partial charge in [-0.15, -0.1) is 24.0 Å². The molecule has 0 amide bonds. The number of nitrogens with one attached hydrogen (secondary N) is 2. The molecule has 23 heavy (non-hydrogen) atoms. The molecule has 130 valence electrons. The lowest BCUT2D eigenvalue weighted by atomic mass is 10.1. The van der Waals surface area contributed by atoms with Crippen molar-refractivity contribution < 1.29 is 5.11 Å². The molecule has 2 rings (SSSR count). The Kier molecular flexibility index (Phi) is 9.90. The lowest BCUT2D eigenvalue weighted by Gasteiger charge is -2.15. The Bertz CT molecular complexity index is 481. The summed E-state index contributed by atoms with van der Waals surface area (Å²) in [5.74, 6) is 1.14. The number of benzene rings is 1. The highest BCUT2D eigenvalue weighted by Gasteiger charge is 2.24. The molecule has 0 spiro atoms. The summed E-state index contributed by atoms with van der Waals surface area (Å²) in [5, 5.41) is 17.2. The fraction of sp³-hybridized carbons (Fsp3) is 0.588. The van der Waals surface area contributed by atoms with Crippen molar-refractivity contribution in [2.75, 3.05) is 19.6 Å². The molecular formula is C17H27ClIN3O. The van der Waals surface area contributed by atoms with E-state index in [0.29, 0.717) is 12.5 Å². The first-order valence-electron chi connectivity index (χ1n) is 8.13. The lowest BCUT2D eigenvalue weighted by molar-refractivity contribution is 0.136. The Labute approximate surface area is 161 Å². The third-order valence-corrected chi connectivity index (χ3v) is 4.32. The van der Waals surface area contributed by atoms with Crippen LogP contribution >= 0.6 is 35.6 Å². The summed E-state index contributed by atoms with van der Waals surface area (Å²) >= 11 is 5.89. The summed E-state index contributed by atoms with van der Waals surface area (Å²) in [7, 11) is 0. The highest BCUT2D eigenvalue weighted by molar-refractivity contribution is 14.0. The van der Waals surface area contributed by atoms with E-state index < -0.39 is 0 Å². The van der Waals surface area contributed by atoms with Gasteiger partial charge in [0, 0.05) is 30.6 Å². The van der Waals surface area contributed by atoms with Crippen LogP contribution in [-0.4, -0.2) is 36.8 Å². The van der Waals surface area contributed by atoms with Crippen molar-refractivity contribution in [2.24, 2.45) is 10.9 Å². The number of aliphatic hydroxyl groups is 1. The van der Waals surface area contributed by atoms with Crippen molar-refractivity contribution in [3.05, 3.63) is 34.9 Å². The predicted molar refractivity (Wildman–Crippen MR) is 108 cm³/mol. The van der Waals surface area contributed by atoms with Crippen molar-refractivity contribution in [3.63, 3.8) is 0 Å². The van der Waals surface area contributed by atoms with Crippen LogP contribution in [0.4, 0.5) is 0 Å². The zero-order chi connectivity index (χ0) is 15.8. The second-order valence-electron chi connectivity index (χ2n) is 5.78. The monoisotopic (exact) mass is 451 g/mol. The second kappa shape index (κ2) is 11.1. The Hall–Kier alpha value is -0.530. The van der Waals surface area contributed by atoms with E-state index in [1.54, 1.807) is 0 Å². The summed E-state index contributed by atoms with van der Waals surface area (Å²) in [4.78, 5) is 4.60. The molecule has 2 unspecified atom stereocenters. The maximum Gasteiger partial charge on any atom is 0.191 e. The van der Waals surface area contributed by atoms with Crippen LogP contribution in [0.15, 0.2) is 29.3 Å². The lowest BCUT2D eigenvalue weighted by Crippen LogP contribution is -2.39. The maximum absolute atomic E-state index is 9.86. The van der Waals surface area contributed by atoms with Crippen molar-refractivity contribution in [3.8, 4) is 0 Å². The van der Waals surface area contributed by atoms with E-state index in [1.165, 1.54) is 5.56 Å². The summed E-state index contributed by atoms with van der Waals surface area (Å²) in [6, 6.07) is 7.92. The van der Waals surface area contributed by atoms with Crippen molar-refractivity contribution in [1.82, 2.24) is 10.6 Å². The maximum atomic E-state index is 9.86. The predicted octanol–water partition coefficient (Wildman–Crippen LogP) is 3.22. The van der Waals surface area contributed by atoms with Gasteiger partial charge in [0.15, 0.2) is 5.96 Å². The quantitative estimate of drug-likeness (QED) is 0.354. The van der Waals surface area contributed by atoms with Gasteiger partial charge in [-0.25, -0.2) is 0 Å². The minimum absolute atomic E-state index is 0. The van der Waals surface area contributed by atoms with Gasteiger partial charge in [0.05, 0.1) is 6.10 Å². The van der Waals surface area contributed by atoms with E-state index in [2.05, 4.69) is 22.5 Å². The third kappa shape index (κ3) is 7.27. The Morgan fingerprint density at radius 3 is 2.61 bits per heavy atom. The molecule has 6 heteroatoms. The number of nitrogens with zero attached hydrogens (tertiary/aromatic N) is 1.